The Hall–Kier alpha value is -0.250. The van der Waals surface area contributed by atoms with E-state index < -0.39 is 0 Å². The van der Waals surface area contributed by atoms with E-state index in [0.29, 0.717) is 0 Å². The van der Waals surface area contributed by atoms with Crippen LogP contribution in [-0.4, -0.2) is 0 Å². The Morgan fingerprint density at radius 1 is 1.24 bits per heavy atom. The molecule has 0 saturated carbocycles. The highest BCUT2D eigenvalue weighted by atomic mass is 79.9. The van der Waals surface area contributed by atoms with Crippen LogP contribution in [0.15, 0.2) is 15.0 Å². The molecule has 0 spiro atoms. The molecular formula is C13H14BrClOS. The van der Waals surface area contributed by atoms with Gasteiger partial charge in [0, 0.05) is 19.8 Å². The highest BCUT2D eigenvalue weighted by Gasteiger charge is 2.22. The third-order valence-corrected chi connectivity index (χ3v) is 5.78. The van der Waals surface area contributed by atoms with Crippen LogP contribution in [0, 0.1) is 27.7 Å². The van der Waals surface area contributed by atoms with Crippen molar-refractivity contribution in [1.82, 2.24) is 0 Å². The van der Waals surface area contributed by atoms with Crippen molar-refractivity contribution in [3.05, 3.63) is 42.9 Å². The number of hydrogen-bond acceptors (Lipinski definition) is 2. The minimum absolute atomic E-state index is 0.123. The molecule has 2 rings (SSSR count). The number of alkyl halides is 1. The Kier molecular flexibility index (Phi) is 3.71. The summed E-state index contributed by atoms with van der Waals surface area (Å²) in [4.78, 5) is 2.41. The lowest BCUT2D eigenvalue weighted by Gasteiger charge is -2.07. The smallest absolute Gasteiger partial charge is 0.106 e. The summed E-state index contributed by atoms with van der Waals surface area (Å²) >= 11 is 11.8. The summed E-state index contributed by atoms with van der Waals surface area (Å²) in [6.07, 6.45) is 0. The van der Waals surface area contributed by atoms with Gasteiger partial charge in [0.05, 0.1) is 5.38 Å². The van der Waals surface area contributed by atoms with Gasteiger partial charge >= 0.3 is 0 Å². The van der Waals surface area contributed by atoms with Gasteiger partial charge < -0.3 is 4.42 Å². The van der Waals surface area contributed by atoms with Crippen LogP contribution in [0.2, 0.25) is 0 Å². The van der Waals surface area contributed by atoms with Crippen molar-refractivity contribution in [3.63, 3.8) is 0 Å². The molecule has 1 atom stereocenters. The molecule has 0 bridgehead atoms. The Morgan fingerprint density at radius 2 is 1.88 bits per heavy atom. The van der Waals surface area contributed by atoms with Crippen LogP contribution in [0.1, 0.15) is 37.8 Å². The van der Waals surface area contributed by atoms with E-state index in [-0.39, 0.29) is 5.38 Å². The summed E-state index contributed by atoms with van der Waals surface area (Å²) < 4.78 is 6.76. The zero-order valence-electron chi connectivity index (χ0n) is 10.2. The molecule has 0 saturated heterocycles. The average Bonchev–Trinajstić information content (AvgIpc) is 2.70. The van der Waals surface area contributed by atoms with Gasteiger partial charge in [-0.05, 0) is 55.3 Å². The Bertz CT molecular complexity index is 537. The first kappa shape index (κ1) is 13.2. The Labute approximate surface area is 119 Å². The predicted octanol–water partition coefficient (Wildman–Crippen LogP) is 5.67. The van der Waals surface area contributed by atoms with Crippen molar-refractivity contribution in [2.24, 2.45) is 0 Å². The van der Waals surface area contributed by atoms with E-state index in [9.17, 15) is 0 Å². The minimum Gasteiger partial charge on any atom is -0.466 e. The topological polar surface area (TPSA) is 13.1 Å². The highest BCUT2D eigenvalue weighted by Crippen LogP contribution is 2.41. The van der Waals surface area contributed by atoms with Crippen molar-refractivity contribution in [2.45, 2.75) is 33.1 Å². The summed E-state index contributed by atoms with van der Waals surface area (Å²) in [6.45, 7) is 8.10. The number of rotatable bonds is 2. The molecular weight excluding hydrogens is 320 g/mol. The number of halogens is 2. The summed E-state index contributed by atoms with van der Waals surface area (Å²) in [5.41, 5.74) is 2.27. The summed E-state index contributed by atoms with van der Waals surface area (Å²) in [5, 5.41) is -0.123. The average molecular weight is 334 g/mol. The monoisotopic (exact) mass is 332 g/mol. The number of aryl methyl sites for hydroxylation is 3. The van der Waals surface area contributed by atoms with Gasteiger partial charge in [0.25, 0.3) is 0 Å². The lowest BCUT2D eigenvalue weighted by molar-refractivity contribution is 0.500. The van der Waals surface area contributed by atoms with Gasteiger partial charge in [-0.15, -0.1) is 22.9 Å². The maximum atomic E-state index is 6.57. The normalized spacial score (nSPS) is 13.1. The first-order valence-electron chi connectivity index (χ1n) is 5.38. The van der Waals surface area contributed by atoms with E-state index in [0.717, 1.165) is 32.0 Å². The maximum Gasteiger partial charge on any atom is 0.106 e. The van der Waals surface area contributed by atoms with Gasteiger partial charge in [-0.1, -0.05) is 0 Å². The summed E-state index contributed by atoms with van der Waals surface area (Å²) in [5.74, 6) is 1.87. The van der Waals surface area contributed by atoms with Crippen LogP contribution in [0.3, 0.4) is 0 Å². The fraction of sp³-hybridized carbons (Fsp3) is 0.385. The second kappa shape index (κ2) is 4.79. The van der Waals surface area contributed by atoms with Crippen LogP contribution >= 0.6 is 38.9 Å². The lowest BCUT2D eigenvalue weighted by Crippen LogP contribution is -1.93. The van der Waals surface area contributed by atoms with Gasteiger partial charge in [0.15, 0.2) is 0 Å². The zero-order chi connectivity index (χ0) is 12.7. The summed E-state index contributed by atoms with van der Waals surface area (Å²) in [7, 11) is 0. The molecule has 1 nitrogen and oxygen atoms in total. The van der Waals surface area contributed by atoms with E-state index in [4.69, 9.17) is 16.0 Å². The standard InChI is InChI=1S/C13H14BrClOS/c1-6-7(2)16-8(3)12(6)13(15)11-5-10(14)9(4)17-11/h5,13H,1-4H3. The minimum atomic E-state index is -0.123. The molecule has 0 fully saturated rings. The fourth-order valence-corrected chi connectivity index (χ4v) is 4.00. The van der Waals surface area contributed by atoms with Crippen molar-refractivity contribution < 1.29 is 4.42 Å². The molecule has 2 heterocycles. The quantitative estimate of drug-likeness (QED) is 0.646. The van der Waals surface area contributed by atoms with E-state index in [1.165, 1.54) is 4.88 Å². The van der Waals surface area contributed by atoms with Gasteiger partial charge in [-0.2, -0.15) is 0 Å². The van der Waals surface area contributed by atoms with E-state index >= 15 is 0 Å². The van der Waals surface area contributed by atoms with E-state index in [1.54, 1.807) is 11.3 Å². The third-order valence-electron chi connectivity index (χ3n) is 3.00. The van der Waals surface area contributed by atoms with Crippen LogP contribution in [0.5, 0.6) is 0 Å². The zero-order valence-corrected chi connectivity index (χ0v) is 13.4. The predicted molar refractivity (Wildman–Crippen MR) is 77.4 cm³/mol. The Morgan fingerprint density at radius 3 is 2.29 bits per heavy atom. The molecule has 0 aliphatic heterocycles. The molecule has 4 heteroatoms. The molecule has 0 amide bonds. The van der Waals surface area contributed by atoms with Gasteiger partial charge in [-0.25, -0.2) is 0 Å². The van der Waals surface area contributed by atoms with Crippen LogP contribution in [0.4, 0.5) is 0 Å². The molecule has 0 aliphatic rings. The Balaban J connectivity index is 2.46. The van der Waals surface area contributed by atoms with Crippen molar-refractivity contribution in [3.8, 4) is 0 Å². The van der Waals surface area contributed by atoms with Gasteiger partial charge in [0.1, 0.15) is 11.5 Å². The molecule has 0 aromatic carbocycles. The number of thiophene rings is 1. The van der Waals surface area contributed by atoms with Crippen LogP contribution in [-0.2, 0) is 0 Å². The molecule has 0 radical (unpaired) electrons. The first-order chi connectivity index (χ1) is 7.91. The van der Waals surface area contributed by atoms with E-state index in [1.807, 2.05) is 13.8 Å². The summed E-state index contributed by atoms with van der Waals surface area (Å²) in [6, 6.07) is 2.10. The van der Waals surface area contributed by atoms with Crippen molar-refractivity contribution in [1.29, 1.82) is 0 Å². The highest BCUT2D eigenvalue weighted by molar-refractivity contribution is 9.10. The maximum absolute atomic E-state index is 6.57. The third kappa shape index (κ3) is 2.33. The molecule has 0 N–H and O–H groups in total. The second-order valence-corrected chi connectivity index (χ2v) is 6.75. The van der Waals surface area contributed by atoms with Gasteiger partial charge in [-0.3, -0.25) is 0 Å². The SMILES string of the molecule is Cc1oc(C)c(C(Cl)c2cc(Br)c(C)s2)c1C. The molecule has 2 aromatic heterocycles. The number of hydrogen-bond donors (Lipinski definition) is 0. The largest absolute Gasteiger partial charge is 0.466 e. The molecule has 0 aliphatic carbocycles. The number of furan rings is 1. The molecule has 92 valence electrons. The molecule has 17 heavy (non-hydrogen) atoms. The lowest BCUT2D eigenvalue weighted by atomic mass is 10.1. The fourth-order valence-electron chi connectivity index (χ4n) is 1.93. The van der Waals surface area contributed by atoms with E-state index in [2.05, 4.69) is 35.8 Å². The van der Waals surface area contributed by atoms with Crippen molar-refractivity contribution >= 4 is 38.9 Å². The first-order valence-corrected chi connectivity index (χ1v) is 7.42. The molecule has 1 unspecified atom stereocenters. The van der Waals surface area contributed by atoms with Crippen LogP contribution in [0.25, 0.3) is 0 Å². The van der Waals surface area contributed by atoms with Crippen molar-refractivity contribution in [2.75, 3.05) is 0 Å². The van der Waals surface area contributed by atoms with Gasteiger partial charge in [0.2, 0.25) is 0 Å². The van der Waals surface area contributed by atoms with Crippen LogP contribution < -0.4 is 0 Å². The second-order valence-electron chi connectivity index (χ2n) is 4.17. The molecule has 2 aromatic rings.